The Morgan fingerprint density at radius 1 is 1.17 bits per heavy atom. The molecule has 0 spiro atoms. The number of methoxy groups -OCH3 is 3. The van der Waals surface area contributed by atoms with Crippen molar-refractivity contribution in [1.82, 2.24) is 5.32 Å². The zero-order valence-corrected chi connectivity index (χ0v) is 11.6. The van der Waals surface area contributed by atoms with E-state index in [1.807, 2.05) is 18.2 Å². The van der Waals surface area contributed by atoms with Crippen LogP contribution in [0.1, 0.15) is 18.5 Å². The van der Waals surface area contributed by atoms with Crippen molar-refractivity contribution in [3.63, 3.8) is 0 Å². The summed E-state index contributed by atoms with van der Waals surface area (Å²) < 4.78 is 15.8. The molecule has 4 nitrogen and oxygen atoms in total. The van der Waals surface area contributed by atoms with Gasteiger partial charge in [0, 0.05) is 32.4 Å². The Balaban J connectivity index is 2.56. The fourth-order valence-electron chi connectivity index (χ4n) is 1.84. The van der Waals surface area contributed by atoms with Crippen molar-refractivity contribution in [2.45, 2.75) is 19.1 Å². The van der Waals surface area contributed by atoms with E-state index in [4.69, 9.17) is 14.2 Å². The first-order chi connectivity index (χ1) is 8.72. The summed E-state index contributed by atoms with van der Waals surface area (Å²) in [7, 11) is 5.06. The highest BCUT2D eigenvalue weighted by molar-refractivity contribution is 5.35. The van der Waals surface area contributed by atoms with Crippen molar-refractivity contribution in [3.8, 4) is 5.75 Å². The van der Waals surface area contributed by atoms with Gasteiger partial charge in [0.2, 0.25) is 0 Å². The first-order valence-electron chi connectivity index (χ1n) is 6.11. The van der Waals surface area contributed by atoms with Gasteiger partial charge in [0.25, 0.3) is 0 Å². The zero-order valence-electron chi connectivity index (χ0n) is 11.6. The average Bonchev–Trinajstić information content (AvgIpc) is 2.42. The number of benzene rings is 1. The van der Waals surface area contributed by atoms with Gasteiger partial charge in [-0.15, -0.1) is 0 Å². The molecular formula is C14H23NO3. The molecule has 1 aromatic carbocycles. The molecule has 0 saturated heterocycles. The summed E-state index contributed by atoms with van der Waals surface area (Å²) in [5.74, 6) is 0.901. The minimum absolute atomic E-state index is 0.0622. The second-order valence-electron chi connectivity index (χ2n) is 4.18. The molecule has 4 heteroatoms. The molecule has 0 radical (unpaired) electrons. The van der Waals surface area contributed by atoms with Crippen LogP contribution in [0.5, 0.6) is 5.75 Å². The van der Waals surface area contributed by atoms with Gasteiger partial charge >= 0.3 is 0 Å². The van der Waals surface area contributed by atoms with Crippen molar-refractivity contribution >= 4 is 0 Å². The molecule has 0 aromatic heterocycles. The van der Waals surface area contributed by atoms with E-state index in [1.54, 1.807) is 21.3 Å². The lowest BCUT2D eigenvalue weighted by Gasteiger charge is -2.20. The normalized spacial score (nSPS) is 14.2. The molecule has 1 N–H and O–H groups in total. The van der Waals surface area contributed by atoms with Crippen molar-refractivity contribution in [1.29, 1.82) is 0 Å². The SMILES string of the molecule is COCC(CNC(C)c1ccccc1OC)OC. The monoisotopic (exact) mass is 253 g/mol. The Morgan fingerprint density at radius 2 is 1.89 bits per heavy atom. The lowest BCUT2D eigenvalue weighted by atomic mass is 10.1. The largest absolute Gasteiger partial charge is 0.496 e. The first kappa shape index (κ1) is 15.0. The average molecular weight is 253 g/mol. The maximum atomic E-state index is 5.35. The standard InChI is InChI=1S/C14H23NO3/c1-11(15-9-12(17-3)10-16-2)13-7-5-6-8-14(13)18-4/h5-8,11-12,15H,9-10H2,1-4H3. The van der Waals surface area contributed by atoms with Crippen molar-refractivity contribution in [2.75, 3.05) is 34.5 Å². The topological polar surface area (TPSA) is 39.7 Å². The lowest BCUT2D eigenvalue weighted by molar-refractivity contribution is 0.0276. The van der Waals surface area contributed by atoms with Gasteiger partial charge in [0.05, 0.1) is 19.8 Å². The molecule has 1 aromatic rings. The minimum Gasteiger partial charge on any atom is -0.496 e. The van der Waals surface area contributed by atoms with Crippen LogP contribution in [0, 0.1) is 0 Å². The minimum atomic E-state index is 0.0622. The lowest BCUT2D eigenvalue weighted by Crippen LogP contribution is -2.33. The van der Waals surface area contributed by atoms with Crippen LogP contribution in [0.2, 0.25) is 0 Å². The van der Waals surface area contributed by atoms with Crippen LogP contribution in [0.25, 0.3) is 0 Å². The van der Waals surface area contributed by atoms with Crippen molar-refractivity contribution in [3.05, 3.63) is 29.8 Å². The van der Waals surface area contributed by atoms with Gasteiger partial charge in [-0.25, -0.2) is 0 Å². The molecule has 1 rings (SSSR count). The number of rotatable bonds is 8. The molecule has 0 fully saturated rings. The predicted molar refractivity (Wildman–Crippen MR) is 72.1 cm³/mol. The number of hydrogen-bond acceptors (Lipinski definition) is 4. The molecule has 0 bridgehead atoms. The third-order valence-corrected chi connectivity index (χ3v) is 2.94. The number of ether oxygens (including phenoxy) is 3. The second kappa shape index (κ2) is 8.08. The fourth-order valence-corrected chi connectivity index (χ4v) is 1.84. The number of para-hydroxylation sites is 1. The predicted octanol–water partition coefficient (Wildman–Crippen LogP) is 2.01. The van der Waals surface area contributed by atoms with Gasteiger partial charge in [-0.3, -0.25) is 0 Å². The van der Waals surface area contributed by atoms with Crippen LogP contribution in [0.3, 0.4) is 0 Å². The van der Waals surface area contributed by atoms with E-state index in [0.717, 1.165) is 17.9 Å². The van der Waals surface area contributed by atoms with Gasteiger partial charge < -0.3 is 19.5 Å². The van der Waals surface area contributed by atoms with Crippen LogP contribution in [-0.2, 0) is 9.47 Å². The van der Waals surface area contributed by atoms with Crippen LogP contribution in [-0.4, -0.2) is 40.6 Å². The molecule has 102 valence electrons. The molecular weight excluding hydrogens is 230 g/mol. The third kappa shape index (κ3) is 4.29. The van der Waals surface area contributed by atoms with E-state index >= 15 is 0 Å². The number of hydrogen-bond donors (Lipinski definition) is 1. The summed E-state index contributed by atoms with van der Waals surface area (Å²) in [5.41, 5.74) is 1.15. The molecule has 0 aliphatic rings. The molecule has 0 saturated carbocycles. The number of nitrogens with one attached hydrogen (secondary N) is 1. The van der Waals surface area contributed by atoms with Crippen LogP contribution in [0.4, 0.5) is 0 Å². The van der Waals surface area contributed by atoms with Gasteiger partial charge in [-0.05, 0) is 13.0 Å². The first-order valence-corrected chi connectivity index (χ1v) is 6.11. The molecule has 2 unspecified atom stereocenters. The second-order valence-corrected chi connectivity index (χ2v) is 4.18. The highest BCUT2D eigenvalue weighted by Crippen LogP contribution is 2.24. The Kier molecular flexibility index (Phi) is 6.72. The summed E-state index contributed by atoms with van der Waals surface area (Å²) in [5, 5.41) is 3.42. The Bertz CT molecular complexity index is 344. The molecule has 0 aliphatic heterocycles. The van der Waals surface area contributed by atoms with E-state index in [1.165, 1.54) is 0 Å². The van der Waals surface area contributed by atoms with Gasteiger partial charge in [-0.1, -0.05) is 18.2 Å². The summed E-state index contributed by atoms with van der Waals surface area (Å²) in [6.45, 7) is 3.43. The third-order valence-electron chi connectivity index (χ3n) is 2.94. The maximum absolute atomic E-state index is 5.35. The molecule has 0 amide bonds. The van der Waals surface area contributed by atoms with E-state index in [9.17, 15) is 0 Å². The summed E-state index contributed by atoms with van der Waals surface area (Å²) >= 11 is 0. The Labute approximate surface area is 109 Å². The van der Waals surface area contributed by atoms with E-state index in [2.05, 4.69) is 18.3 Å². The Morgan fingerprint density at radius 3 is 2.50 bits per heavy atom. The highest BCUT2D eigenvalue weighted by Gasteiger charge is 2.13. The van der Waals surface area contributed by atoms with Crippen molar-refractivity contribution < 1.29 is 14.2 Å². The quantitative estimate of drug-likeness (QED) is 0.769. The Hall–Kier alpha value is -1.10. The fraction of sp³-hybridized carbons (Fsp3) is 0.571. The van der Waals surface area contributed by atoms with Crippen LogP contribution < -0.4 is 10.1 Å². The molecule has 0 aliphatic carbocycles. The molecule has 0 heterocycles. The van der Waals surface area contributed by atoms with E-state index in [0.29, 0.717) is 6.61 Å². The maximum Gasteiger partial charge on any atom is 0.123 e. The van der Waals surface area contributed by atoms with Gasteiger partial charge in [0.15, 0.2) is 0 Å². The van der Waals surface area contributed by atoms with Gasteiger partial charge in [-0.2, -0.15) is 0 Å². The van der Waals surface area contributed by atoms with E-state index < -0.39 is 0 Å². The smallest absolute Gasteiger partial charge is 0.123 e. The molecule has 18 heavy (non-hydrogen) atoms. The van der Waals surface area contributed by atoms with E-state index in [-0.39, 0.29) is 12.1 Å². The summed E-state index contributed by atoms with van der Waals surface area (Å²) in [6, 6.07) is 8.22. The van der Waals surface area contributed by atoms with Crippen LogP contribution in [0.15, 0.2) is 24.3 Å². The molecule has 2 atom stereocenters. The van der Waals surface area contributed by atoms with Crippen LogP contribution >= 0.6 is 0 Å². The highest BCUT2D eigenvalue weighted by atomic mass is 16.5. The van der Waals surface area contributed by atoms with Crippen molar-refractivity contribution in [2.24, 2.45) is 0 Å². The van der Waals surface area contributed by atoms with Gasteiger partial charge in [0.1, 0.15) is 5.75 Å². The summed E-state index contributed by atoms with van der Waals surface area (Å²) in [6.07, 6.45) is 0.0622. The zero-order chi connectivity index (χ0) is 13.4. The summed E-state index contributed by atoms with van der Waals surface area (Å²) in [4.78, 5) is 0.